The van der Waals surface area contributed by atoms with Crippen molar-refractivity contribution in [3.8, 4) is 0 Å². The van der Waals surface area contributed by atoms with Gasteiger partial charge in [-0.05, 0) is 12.1 Å². The summed E-state index contributed by atoms with van der Waals surface area (Å²) in [5, 5.41) is 8.00. The van der Waals surface area contributed by atoms with Crippen LogP contribution in [0, 0.1) is 5.41 Å². The second-order valence-electron chi connectivity index (χ2n) is 2.79. The molecule has 0 atom stereocenters. The van der Waals surface area contributed by atoms with Crippen LogP contribution in [-0.4, -0.2) is 20.8 Å². The lowest BCUT2D eigenvalue weighted by atomic mass is 10.3. The topological polar surface area (TPSA) is 91.4 Å². The van der Waals surface area contributed by atoms with Crippen LogP contribution in [-0.2, 0) is 0 Å². The first-order valence-corrected chi connectivity index (χ1v) is 5.05. The third-order valence-electron chi connectivity index (χ3n) is 1.70. The Morgan fingerprint density at radius 1 is 1.40 bits per heavy atom. The first-order chi connectivity index (χ1) is 7.25. The molecule has 15 heavy (non-hydrogen) atoms. The Kier molecular flexibility index (Phi) is 2.68. The Hall–Kier alpha value is -1.82. The van der Waals surface area contributed by atoms with Gasteiger partial charge in [0.05, 0.1) is 0 Å². The lowest BCUT2D eigenvalue weighted by Crippen LogP contribution is -2.12. The molecule has 5 nitrogen and oxygen atoms in total. The number of nitrogen functional groups attached to an aromatic ring is 1. The summed E-state index contributed by atoms with van der Waals surface area (Å²) >= 11 is 1.47. The predicted octanol–water partition coefficient (Wildman–Crippen LogP) is 1.24. The van der Waals surface area contributed by atoms with Crippen molar-refractivity contribution in [2.45, 2.75) is 10.1 Å². The quantitative estimate of drug-likeness (QED) is 0.535. The number of hydrogen-bond donors (Lipinski definition) is 3. The molecule has 0 aliphatic rings. The van der Waals surface area contributed by atoms with E-state index < -0.39 is 0 Å². The van der Waals surface area contributed by atoms with Crippen molar-refractivity contribution in [2.24, 2.45) is 5.73 Å². The fourth-order valence-corrected chi connectivity index (χ4v) is 1.72. The van der Waals surface area contributed by atoms with E-state index in [4.69, 9.17) is 11.1 Å². The van der Waals surface area contributed by atoms with Gasteiger partial charge in [0, 0.05) is 23.5 Å². The van der Waals surface area contributed by atoms with Crippen molar-refractivity contribution in [1.82, 2.24) is 15.0 Å². The molecule has 4 N–H and O–H groups in total. The molecule has 0 saturated heterocycles. The molecule has 0 aromatic carbocycles. The van der Waals surface area contributed by atoms with Crippen molar-refractivity contribution in [2.75, 3.05) is 0 Å². The molecule has 2 heterocycles. The molecular weight excluding hydrogens is 210 g/mol. The maximum atomic E-state index is 7.19. The molecule has 0 aliphatic heterocycles. The summed E-state index contributed by atoms with van der Waals surface area (Å²) in [6, 6.07) is 3.57. The van der Waals surface area contributed by atoms with Crippen LogP contribution in [0.1, 0.15) is 5.69 Å². The lowest BCUT2D eigenvalue weighted by Gasteiger charge is -1.99. The van der Waals surface area contributed by atoms with Gasteiger partial charge in [0.15, 0.2) is 5.16 Å². The van der Waals surface area contributed by atoms with Gasteiger partial charge in [-0.2, -0.15) is 0 Å². The molecule has 2 rings (SSSR count). The van der Waals surface area contributed by atoms with Gasteiger partial charge in [-0.1, -0.05) is 11.8 Å². The number of pyridine rings is 1. The van der Waals surface area contributed by atoms with Crippen molar-refractivity contribution in [3.05, 3.63) is 36.4 Å². The fourth-order valence-electron chi connectivity index (χ4n) is 1.02. The molecule has 0 spiro atoms. The van der Waals surface area contributed by atoms with Gasteiger partial charge >= 0.3 is 0 Å². The highest BCUT2D eigenvalue weighted by Gasteiger charge is 2.01. The summed E-state index contributed by atoms with van der Waals surface area (Å²) in [6.07, 6.45) is 5.13. The largest absolute Gasteiger partial charge is 0.382 e. The Bertz CT molecular complexity index is 448. The summed E-state index contributed by atoms with van der Waals surface area (Å²) < 4.78 is 0. The maximum Gasteiger partial charge on any atom is 0.170 e. The number of rotatable bonds is 3. The highest BCUT2D eigenvalue weighted by Crippen LogP contribution is 2.23. The van der Waals surface area contributed by atoms with Crippen LogP contribution in [0.4, 0.5) is 0 Å². The minimum absolute atomic E-state index is 0.0236. The van der Waals surface area contributed by atoms with Crippen LogP contribution in [0.2, 0.25) is 0 Å². The van der Waals surface area contributed by atoms with E-state index >= 15 is 0 Å². The third kappa shape index (κ3) is 2.35. The standard InChI is InChI=1S/C9H9N5S/c10-8(11)7-2-1-6(5-14-7)15-9-12-3-4-13-9/h1-5H,(H3,10,11)(H,12,13). The second-order valence-corrected chi connectivity index (χ2v) is 3.85. The summed E-state index contributed by atoms with van der Waals surface area (Å²) in [4.78, 5) is 12.1. The number of amidine groups is 1. The number of aromatic nitrogens is 3. The first kappa shape index (κ1) is 9.72. The summed E-state index contributed by atoms with van der Waals surface area (Å²) in [6.45, 7) is 0. The number of nitrogens with one attached hydrogen (secondary N) is 2. The minimum Gasteiger partial charge on any atom is -0.382 e. The number of nitrogens with two attached hydrogens (primary N) is 1. The Balaban J connectivity index is 2.14. The predicted molar refractivity (Wildman–Crippen MR) is 58.0 cm³/mol. The third-order valence-corrected chi connectivity index (χ3v) is 2.59. The zero-order valence-corrected chi connectivity index (χ0v) is 8.58. The van der Waals surface area contributed by atoms with Gasteiger partial charge in [0.2, 0.25) is 0 Å². The number of H-pyrrole nitrogens is 1. The molecular formula is C9H9N5S. The maximum absolute atomic E-state index is 7.19. The van der Waals surface area contributed by atoms with E-state index in [-0.39, 0.29) is 5.84 Å². The molecule has 0 aliphatic carbocycles. The number of nitrogens with zero attached hydrogens (tertiary/aromatic N) is 2. The normalized spacial score (nSPS) is 10.1. The molecule has 0 amide bonds. The van der Waals surface area contributed by atoms with Gasteiger partial charge in [0.1, 0.15) is 11.5 Å². The average molecular weight is 219 g/mol. The van der Waals surface area contributed by atoms with Crippen LogP contribution >= 0.6 is 11.8 Å². The lowest BCUT2D eigenvalue weighted by molar-refractivity contribution is 1.05. The zero-order valence-electron chi connectivity index (χ0n) is 7.77. The minimum atomic E-state index is -0.0236. The van der Waals surface area contributed by atoms with Crippen LogP contribution in [0.25, 0.3) is 0 Å². The Morgan fingerprint density at radius 3 is 2.80 bits per heavy atom. The monoisotopic (exact) mass is 219 g/mol. The van der Waals surface area contributed by atoms with Crippen molar-refractivity contribution in [3.63, 3.8) is 0 Å². The number of aromatic amines is 1. The fraction of sp³-hybridized carbons (Fsp3) is 0. The van der Waals surface area contributed by atoms with Gasteiger partial charge in [-0.25, -0.2) is 4.98 Å². The van der Waals surface area contributed by atoms with E-state index in [2.05, 4.69) is 15.0 Å². The van der Waals surface area contributed by atoms with Crippen LogP contribution in [0.3, 0.4) is 0 Å². The summed E-state index contributed by atoms with van der Waals surface area (Å²) in [5.74, 6) is -0.0236. The molecule has 0 bridgehead atoms. The van der Waals surface area contributed by atoms with Crippen molar-refractivity contribution < 1.29 is 0 Å². The molecule has 0 unspecified atom stereocenters. The van der Waals surface area contributed by atoms with Gasteiger partial charge in [0.25, 0.3) is 0 Å². The molecule has 0 fully saturated rings. The van der Waals surface area contributed by atoms with Gasteiger partial charge < -0.3 is 10.7 Å². The summed E-state index contributed by atoms with van der Waals surface area (Å²) in [5.41, 5.74) is 5.78. The van der Waals surface area contributed by atoms with Crippen LogP contribution in [0.5, 0.6) is 0 Å². The number of imidazole rings is 1. The molecule has 0 saturated carbocycles. The molecule has 76 valence electrons. The van der Waals surface area contributed by atoms with E-state index in [1.54, 1.807) is 24.7 Å². The van der Waals surface area contributed by atoms with Crippen molar-refractivity contribution >= 4 is 17.6 Å². The molecule has 2 aromatic rings. The summed E-state index contributed by atoms with van der Waals surface area (Å²) in [7, 11) is 0. The van der Waals surface area contributed by atoms with E-state index in [9.17, 15) is 0 Å². The van der Waals surface area contributed by atoms with E-state index in [0.717, 1.165) is 10.1 Å². The smallest absolute Gasteiger partial charge is 0.170 e. The van der Waals surface area contributed by atoms with E-state index in [0.29, 0.717) is 5.69 Å². The van der Waals surface area contributed by atoms with Crippen LogP contribution in [0.15, 0.2) is 40.8 Å². The van der Waals surface area contributed by atoms with E-state index in [1.807, 2.05) is 6.07 Å². The Morgan fingerprint density at radius 2 is 2.27 bits per heavy atom. The van der Waals surface area contributed by atoms with Crippen LogP contribution < -0.4 is 5.73 Å². The SMILES string of the molecule is N=C(N)c1ccc(Sc2ncc[nH]2)cn1. The highest BCUT2D eigenvalue weighted by atomic mass is 32.2. The Labute approximate surface area is 90.7 Å². The highest BCUT2D eigenvalue weighted by molar-refractivity contribution is 7.99. The molecule has 2 aromatic heterocycles. The molecule has 6 heteroatoms. The molecule has 0 radical (unpaired) electrons. The van der Waals surface area contributed by atoms with Gasteiger partial charge in [-0.15, -0.1) is 0 Å². The van der Waals surface area contributed by atoms with E-state index in [1.165, 1.54) is 11.8 Å². The first-order valence-electron chi connectivity index (χ1n) is 4.23. The zero-order chi connectivity index (χ0) is 10.7. The second kappa shape index (κ2) is 4.14. The van der Waals surface area contributed by atoms with Gasteiger partial charge in [-0.3, -0.25) is 10.4 Å². The average Bonchev–Trinajstić information content (AvgIpc) is 2.71. The number of hydrogen-bond acceptors (Lipinski definition) is 4. The van der Waals surface area contributed by atoms with Crippen molar-refractivity contribution in [1.29, 1.82) is 5.41 Å².